The van der Waals surface area contributed by atoms with Gasteiger partial charge in [0, 0.05) is 38.2 Å². The molecular weight excluding hydrogens is 607 g/mol. The van der Waals surface area contributed by atoms with Crippen molar-refractivity contribution in [3.8, 4) is 55.9 Å². The van der Waals surface area contributed by atoms with Gasteiger partial charge >= 0.3 is 0 Å². The van der Waals surface area contributed by atoms with E-state index in [0.29, 0.717) is 0 Å². The second-order valence-corrected chi connectivity index (χ2v) is 13.2. The minimum atomic E-state index is 0.908. The fraction of sp³-hybridized carbons (Fsp3) is 0. The van der Waals surface area contributed by atoms with Crippen LogP contribution in [0, 0.1) is 0 Å². The lowest BCUT2D eigenvalue weighted by Crippen LogP contribution is -1.92. The maximum absolute atomic E-state index is 5.30. The predicted molar refractivity (Wildman–Crippen MR) is 208 cm³/mol. The first-order valence-corrected chi connectivity index (χ1v) is 17.0. The lowest BCUT2D eigenvalue weighted by molar-refractivity contribution is 1.37. The van der Waals surface area contributed by atoms with Crippen molar-refractivity contribution in [3.63, 3.8) is 0 Å². The summed E-state index contributed by atoms with van der Waals surface area (Å²) in [4.78, 5) is 15.6. The maximum Gasteiger partial charge on any atom is 0.0972 e. The Balaban J connectivity index is 1.05. The normalized spacial score (nSPS) is 12.0. The van der Waals surface area contributed by atoms with E-state index >= 15 is 0 Å². The molecular formula is C47H27N3. The van der Waals surface area contributed by atoms with Gasteiger partial charge in [0.05, 0.1) is 33.5 Å². The van der Waals surface area contributed by atoms with Crippen molar-refractivity contribution in [1.82, 2.24) is 15.0 Å². The molecule has 0 N–H and O–H groups in total. The molecule has 11 rings (SSSR count). The fourth-order valence-corrected chi connectivity index (χ4v) is 8.03. The zero-order valence-corrected chi connectivity index (χ0v) is 26.9. The molecule has 0 saturated carbocycles. The SMILES string of the molecule is c1cc(-c2ccc3ccc4ccc(-c5ccc6c(c5)-c5cccc7cccc-6c57)nc4c3n2)cc(-c2c3ccccc3nc3ccccc23)c1. The van der Waals surface area contributed by atoms with Crippen LogP contribution < -0.4 is 0 Å². The molecule has 0 spiro atoms. The molecule has 7 aromatic carbocycles. The van der Waals surface area contributed by atoms with Crippen LogP contribution >= 0.6 is 0 Å². The van der Waals surface area contributed by atoms with Crippen molar-refractivity contribution < 1.29 is 0 Å². The van der Waals surface area contributed by atoms with Crippen LogP contribution in [-0.4, -0.2) is 15.0 Å². The van der Waals surface area contributed by atoms with Crippen LogP contribution in [-0.2, 0) is 0 Å². The second kappa shape index (κ2) is 10.4. The third-order valence-electron chi connectivity index (χ3n) is 10.4. The Kier molecular flexibility index (Phi) is 5.67. The van der Waals surface area contributed by atoms with E-state index in [1.165, 1.54) is 38.6 Å². The third-order valence-corrected chi connectivity index (χ3v) is 10.4. The van der Waals surface area contributed by atoms with E-state index in [4.69, 9.17) is 15.0 Å². The summed E-state index contributed by atoms with van der Waals surface area (Å²) in [5.74, 6) is 0. The van der Waals surface area contributed by atoms with Crippen LogP contribution in [0.3, 0.4) is 0 Å². The molecule has 0 aliphatic heterocycles. The topological polar surface area (TPSA) is 38.7 Å². The maximum atomic E-state index is 5.30. The number of aromatic nitrogens is 3. The monoisotopic (exact) mass is 633 g/mol. The van der Waals surface area contributed by atoms with Crippen molar-refractivity contribution >= 4 is 54.4 Å². The molecule has 3 nitrogen and oxygen atoms in total. The zero-order chi connectivity index (χ0) is 32.8. The van der Waals surface area contributed by atoms with Crippen LogP contribution in [0.15, 0.2) is 164 Å². The number of hydrogen-bond acceptors (Lipinski definition) is 3. The number of hydrogen-bond donors (Lipinski definition) is 0. The Morgan fingerprint density at radius 2 is 0.880 bits per heavy atom. The highest BCUT2D eigenvalue weighted by Gasteiger charge is 2.22. The summed E-state index contributed by atoms with van der Waals surface area (Å²) >= 11 is 0. The molecule has 1 aliphatic carbocycles. The van der Waals surface area contributed by atoms with Gasteiger partial charge in [-0.3, -0.25) is 0 Å². The van der Waals surface area contributed by atoms with Gasteiger partial charge in [0.25, 0.3) is 0 Å². The average Bonchev–Trinajstić information content (AvgIpc) is 3.51. The Morgan fingerprint density at radius 1 is 0.320 bits per heavy atom. The predicted octanol–water partition coefficient (Wildman–Crippen LogP) is 12.3. The highest BCUT2D eigenvalue weighted by atomic mass is 14.8. The van der Waals surface area contributed by atoms with Gasteiger partial charge in [-0.2, -0.15) is 0 Å². The number of rotatable bonds is 3. The number of benzene rings is 7. The zero-order valence-electron chi connectivity index (χ0n) is 26.9. The number of nitrogens with zero attached hydrogens (tertiary/aromatic N) is 3. The molecule has 0 bridgehead atoms. The molecule has 3 heteroatoms. The van der Waals surface area contributed by atoms with Gasteiger partial charge in [0.1, 0.15) is 0 Å². The highest BCUT2D eigenvalue weighted by molar-refractivity contribution is 6.16. The van der Waals surface area contributed by atoms with E-state index in [1.807, 2.05) is 0 Å². The Hall–Kier alpha value is -6.71. The Bertz CT molecular complexity index is 2990. The van der Waals surface area contributed by atoms with Crippen molar-refractivity contribution in [3.05, 3.63) is 164 Å². The van der Waals surface area contributed by atoms with Crippen LogP contribution in [0.5, 0.6) is 0 Å². The van der Waals surface area contributed by atoms with Gasteiger partial charge in [-0.1, -0.05) is 127 Å². The molecule has 3 aromatic heterocycles. The van der Waals surface area contributed by atoms with Crippen LogP contribution in [0.4, 0.5) is 0 Å². The summed E-state index contributed by atoms with van der Waals surface area (Å²) in [5, 5.41) is 7.06. The first-order valence-electron chi connectivity index (χ1n) is 17.0. The van der Waals surface area contributed by atoms with Gasteiger partial charge in [0.2, 0.25) is 0 Å². The molecule has 0 atom stereocenters. The first-order chi connectivity index (χ1) is 24.8. The van der Waals surface area contributed by atoms with E-state index in [-0.39, 0.29) is 0 Å². The summed E-state index contributed by atoms with van der Waals surface area (Å²) in [7, 11) is 0. The average molecular weight is 634 g/mol. The number of fused-ring (bicyclic) bond motifs is 8. The molecule has 0 amide bonds. The van der Waals surface area contributed by atoms with E-state index in [0.717, 1.165) is 71.7 Å². The third kappa shape index (κ3) is 4.01. The molecule has 0 unspecified atom stereocenters. The van der Waals surface area contributed by atoms with E-state index in [2.05, 4.69) is 164 Å². The summed E-state index contributed by atoms with van der Waals surface area (Å²) in [6.45, 7) is 0. The van der Waals surface area contributed by atoms with Crippen molar-refractivity contribution in [2.45, 2.75) is 0 Å². The number of para-hydroxylation sites is 2. The van der Waals surface area contributed by atoms with E-state index in [9.17, 15) is 0 Å². The molecule has 230 valence electrons. The van der Waals surface area contributed by atoms with Crippen molar-refractivity contribution in [1.29, 1.82) is 0 Å². The van der Waals surface area contributed by atoms with Gasteiger partial charge in [-0.05, 0) is 75.0 Å². The molecule has 10 aromatic rings. The highest BCUT2D eigenvalue weighted by Crippen LogP contribution is 2.48. The van der Waals surface area contributed by atoms with E-state index in [1.54, 1.807) is 0 Å². The minimum Gasteiger partial charge on any atom is -0.248 e. The minimum absolute atomic E-state index is 0.908. The Morgan fingerprint density at radius 3 is 1.56 bits per heavy atom. The standard InChI is InChI=1S/C47H27N3/c1-3-16-42-37(12-1)45(38-13-2-4-17-43(38)48-42)33-11-5-10-31(26-33)40-24-21-29-18-19-30-22-25-41(50-47(30)46(29)49-40)32-20-23-34-35-14-6-8-28-9-7-15-36(44(28)35)39(34)27-32/h1-27H. The summed E-state index contributed by atoms with van der Waals surface area (Å²) < 4.78 is 0. The summed E-state index contributed by atoms with van der Waals surface area (Å²) in [6, 6.07) is 58.4. The van der Waals surface area contributed by atoms with E-state index < -0.39 is 0 Å². The van der Waals surface area contributed by atoms with Gasteiger partial charge < -0.3 is 0 Å². The molecule has 0 fully saturated rings. The fourth-order valence-electron chi connectivity index (χ4n) is 8.03. The molecule has 1 aliphatic rings. The van der Waals surface area contributed by atoms with Crippen molar-refractivity contribution in [2.24, 2.45) is 0 Å². The smallest absolute Gasteiger partial charge is 0.0972 e. The lowest BCUT2D eigenvalue weighted by Gasteiger charge is -2.13. The number of pyridine rings is 3. The largest absolute Gasteiger partial charge is 0.248 e. The first kappa shape index (κ1) is 27.3. The van der Waals surface area contributed by atoms with Gasteiger partial charge in [-0.25, -0.2) is 15.0 Å². The lowest BCUT2D eigenvalue weighted by atomic mass is 9.94. The van der Waals surface area contributed by atoms with Gasteiger partial charge in [0.15, 0.2) is 0 Å². The van der Waals surface area contributed by atoms with Gasteiger partial charge in [-0.15, -0.1) is 0 Å². The Labute approximate surface area is 288 Å². The molecule has 50 heavy (non-hydrogen) atoms. The quantitative estimate of drug-likeness (QED) is 0.144. The molecule has 0 radical (unpaired) electrons. The van der Waals surface area contributed by atoms with Crippen LogP contribution in [0.2, 0.25) is 0 Å². The van der Waals surface area contributed by atoms with Crippen LogP contribution in [0.25, 0.3) is 110 Å². The summed E-state index contributed by atoms with van der Waals surface area (Å²) in [5.41, 5.74) is 15.3. The molecule has 3 heterocycles. The van der Waals surface area contributed by atoms with Crippen molar-refractivity contribution in [2.75, 3.05) is 0 Å². The van der Waals surface area contributed by atoms with Crippen LogP contribution in [0.1, 0.15) is 0 Å². The second-order valence-electron chi connectivity index (χ2n) is 13.2. The summed E-state index contributed by atoms with van der Waals surface area (Å²) in [6.07, 6.45) is 0. The molecule has 0 saturated heterocycles.